The Kier molecular flexibility index (Phi) is 4.80. The summed E-state index contributed by atoms with van der Waals surface area (Å²) in [7, 11) is 0. The number of rotatable bonds is 4. The molecule has 1 aliphatic heterocycles. The van der Waals surface area contributed by atoms with Crippen LogP contribution in [-0.2, 0) is 4.79 Å². The zero-order valence-corrected chi connectivity index (χ0v) is 11.6. The molecule has 1 heterocycles. The summed E-state index contributed by atoms with van der Waals surface area (Å²) >= 11 is 0. The Bertz CT molecular complexity index is 439. The summed E-state index contributed by atoms with van der Waals surface area (Å²) in [6.07, 6.45) is 4.39. The summed E-state index contributed by atoms with van der Waals surface area (Å²) in [5, 5.41) is 2.95. The molecule has 0 bridgehead atoms. The molecule has 0 atom stereocenters. The van der Waals surface area contributed by atoms with Gasteiger partial charge in [0.05, 0.1) is 0 Å². The van der Waals surface area contributed by atoms with Crippen LogP contribution in [-0.4, -0.2) is 30.4 Å². The highest BCUT2D eigenvalue weighted by molar-refractivity contribution is 5.92. The number of nitrogen functional groups attached to an aromatic ring is 1. The van der Waals surface area contributed by atoms with Crippen LogP contribution in [0.25, 0.3) is 0 Å². The van der Waals surface area contributed by atoms with Crippen molar-refractivity contribution in [3.63, 3.8) is 0 Å². The van der Waals surface area contributed by atoms with Gasteiger partial charge in [-0.2, -0.15) is 0 Å². The van der Waals surface area contributed by atoms with Crippen molar-refractivity contribution in [3.8, 4) is 0 Å². The molecule has 4 heteroatoms. The highest BCUT2D eigenvalue weighted by atomic mass is 16.1. The Morgan fingerprint density at radius 1 is 1.32 bits per heavy atom. The molecule has 4 nitrogen and oxygen atoms in total. The third-order valence-corrected chi connectivity index (χ3v) is 3.75. The van der Waals surface area contributed by atoms with Gasteiger partial charge in [-0.25, -0.2) is 0 Å². The van der Waals surface area contributed by atoms with Crippen LogP contribution in [0, 0.1) is 6.92 Å². The zero-order chi connectivity index (χ0) is 13.7. The standard InChI is InChI=1S/C15H23N3O/c1-12-13(16)6-5-7-14(12)17-15(19)8-11-18-9-3-2-4-10-18/h5-7H,2-4,8-11,16H2,1H3,(H,17,19). The van der Waals surface area contributed by atoms with Gasteiger partial charge in [-0.1, -0.05) is 12.5 Å². The second kappa shape index (κ2) is 6.57. The van der Waals surface area contributed by atoms with Gasteiger partial charge in [0.2, 0.25) is 5.91 Å². The fraction of sp³-hybridized carbons (Fsp3) is 0.533. The van der Waals surface area contributed by atoms with E-state index in [0.29, 0.717) is 12.1 Å². The van der Waals surface area contributed by atoms with Gasteiger partial charge in [0.15, 0.2) is 0 Å². The number of likely N-dealkylation sites (tertiary alicyclic amines) is 1. The third-order valence-electron chi connectivity index (χ3n) is 3.75. The Morgan fingerprint density at radius 3 is 2.79 bits per heavy atom. The van der Waals surface area contributed by atoms with E-state index >= 15 is 0 Å². The van der Waals surface area contributed by atoms with Crippen molar-refractivity contribution >= 4 is 17.3 Å². The molecule has 0 spiro atoms. The maximum atomic E-state index is 11.9. The topological polar surface area (TPSA) is 58.4 Å². The first kappa shape index (κ1) is 13.9. The van der Waals surface area contributed by atoms with E-state index in [-0.39, 0.29) is 5.91 Å². The summed E-state index contributed by atoms with van der Waals surface area (Å²) in [6.45, 7) is 5.04. The number of carbonyl (C=O) groups is 1. The number of benzene rings is 1. The van der Waals surface area contributed by atoms with Crippen molar-refractivity contribution in [1.82, 2.24) is 4.90 Å². The predicted molar refractivity (Wildman–Crippen MR) is 79.1 cm³/mol. The van der Waals surface area contributed by atoms with Crippen LogP contribution in [0.2, 0.25) is 0 Å². The van der Waals surface area contributed by atoms with E-state index in [1.165, 1.54) is 19.3 Å². The fourth-order valence-electron chi connectivity index (χ4n) is 2.44. The summed E-state index contributed by atoms with van der Waals surface area (Å²) in [5.41, 5.74) is 8.31. The van der Waals surface area contributed by atoms with Gasteiger partial charge in [0.1, 0.15) is 0 Å². The van der Waals surface area contributed by atoms with Crippen molar-refractivity contribution in [2.24, 2.45) is 0 Å². The molecule has 0 saturated carbocycles. The van der Waals surface area contributed by atoms with Crippen LogP contribution in [0.1, 0.15) is 31.2 Å². The number of anilines is 2. The Balaban J connectivity index is 1.82. The minimum atomic E-state index is 0.0688. The summed E-state index contributed by atoms with van der Waals surface area (Å²) in [5.74, 6) is 0.0688. The molecular formula is C15H23N3O. The molecule has 104 valence electrons. The zero-order valence-electron chi connectivity index (χ0n) is 11.6. The maximum absolute atomic E-state index is 11.9. The number of amides is 1. The van der Waals surface area contributed by atoms with E-state index in [1.807, 2.05) is 25.1 Å². The molecule has 1 aliphatic rings. The molecule has 0 radical (unpaired) electrons. The van der Waals surface area contributed by atoms with E-state index in [4.69, 9.17) is 5.73 Å². The lowest BCUT2D eigenvalue weighted by Crippen LogP contribution is -2.32. The quantitative estimate of drug-likeness (QED) is 0.818. The van der Waals surface area contributed by atoms with Crippen LogP contribution in [0.3, 0.4) is 0 Å². The van der Waals surface area contributed by atoms with Crippen molar-refractivity contribution in [2.45, 2.75) is 32.6 Å². The fourth-order valence-corrected chi connectivity index (χ4v) is 2.44. The molecule has 1 aromatic rings. The molecule has 0 aromatic heterocycles. The van der Waals surface area contributed by atoms with Gasteiger partial charge < -0.3 is 16.0 Å². The Hall–Kier alpha value is -1.55. The van der Waals surface area contributed by atoms with Gasteiger partial charge in [0.25, 0.3) is 0 Å². The average Bonchev–Trinajstić information content (AvgIpc) is 2.43. The van der Waals surface area contributed by atoms with E-state index < -0.39 is 0 Å². The van der Waals surface area contributed by atoms with Gasteiger partial charge >= 0.3 is 0 Å². The molecule has 19 heavy (non-hydrogen) atoms. The van der Waals surface area contributed by atoms with Gasteiger partial charge in [-0.15, -0.1) is 0 Å². The van der Waals surface area contributed by atoms with Crippen molar-refractivity contribution in [1.29, 1.82) is 0 Å². The molecule has 2 rings (SSSR count). The molecule has 1 saturated heterocycles. The van der Waals surface area contributed by atoms with Crippen LogP contribution in [0.5, 0.6) is 0 Å². The minimum absolute atomic E-state index is 0.0688. The minimum Gasteiger partial charge on any atom is -0.398 e. The van der Waals surface area contributed by atoms with Gasteiger partial charge in [-0.3, -0.25) is 4.79 Å². The number of nitrogens with zero attached hydrogens (tertiary/aromatic N) is 1. The van der Waals surface area contributed by atoms with E-state index in [1.54, 1.807) is 0 Å². The van der Waals surface area contributed by atoms with Crippen LogP contribution < -0.4 is 11.1 Å². The number of nitrogens with one attached hydrogen (secondary N) is 1. The highest BCUT2D eigenvalue weighted by Gasteiger charge is 2.12. The van der Waals surface area contributed by atoms with Crippen LogP contribution in [0.15, 0.2) is 18.2 Å². The summed E-state index contributed by atoms with van der Waals surface area (Å²) in [4.78, 5) is 14.3. The number of piperidine rings is 1. The SMILES string of the molecule is Cc1c(N)cccc1NC(=O)CCN1CCCCC1. The Morgan fingerprint density at radius 2 is 2.05 bits per heavy atom. The maximum Gasteiger partial charge on any atom is 0.225 e. The molecule has 1 amide bonds. The second-order valence-electron chi connectivity index (χ2n) is 5.22. The largest absolute Gasteiger partial charge is 0.398 e. The van der Waals surface area contributed by atoms with Crippen LogP contribution in [0.4, 0.5) is 11.4 Å². The molecule has 0 unspecified atom stereocenters. The average molecular weight is 261 g/mol. The number of nitrogens with two attached hydrogens (primary N) is 1. The van der Waals surface area contributed by atoms with E-state index in [2.05, 4.69) is 10.2 Å². The normalized spacial score (nSPS) is 16.3. The monoisotopic (exact) mass is 261 g/mol. The lowest BCUT2D eigenvalue weighted by Gasteiger charge is -2.26. The molecule has 0 aliphatic carbocycles. The van der Waals surface area contributed by atoms with Crippen molar-refractivity contribution in [2.75, 3.05) is 30.7 Å². The summed E-state index contributed by atoms with van der Waals surface area (Å²) in [6, 6.07) is 5.60. The van der Waals surface area contributed by atoms with Crippen molar-refractivity contribution in [3.05, 3.63) is 23.8 Å². The molecule has 1 fully saturated rings. The van der Waals surface area contributed by atoms with Gasteiger partial charge in [0, 0.05) is 24.3 Å². The molecular weight excluding hydrogens is 238 g/mol. The number of hydrogen-bond acceptors (Lipinski definition) is 3. The summed E-state index contributed by atoms with van der Waals surface area (Å²) < 4.78 is 0. The number of carbonyl (C=O) groups excluding carboxylic acids is 1. The number of hydrogen-bond donors (Lipinski definition) is 2. The lowest BCUT2D eigenvalue weighted by molar-refractivity contribution is -0.116. The first-order valence-electron chi connectivity index (χ1n) is 7.04. The van der Waals surface area contributed by atoms with Gasteiger partial charge in [-0.05, 0) is 50.6 Å². The van der Waals surface area contributed by atoms with Crippen LogP contribution >= 0.6 is 0 Å². The first-order chi connectivity index (χ1) is 9.16. The van der Waals surface area contributed by atoms with E-state index in [0.717, 1.165) is 30.9 Å². The second-order valence-corrected chi connectivity index (χ2v) is 5.22. The lowest BCUT2D eigenvalue weighted by atomic mass is 10.1. The molecule has 1 aromatic carbocycles. The smallest absolute Gasteiger partial charge is 0.225 e. The first-order valence-corrected chi connectivity index (χ1v) is 7.04. The predicted octanol–water partition coefficient (Wildman–Crippen LogP) is 2.39. The third kappa shape index (κ3) is 3.96. The van der Waals surface area contributed by atoms with Crippen molar-refractivity contribution < 1.29 is 4.79 Å². The highest BCUT2D eigenvalue weighted by Crippen LogP contribution is 2.20. The Labute approximate surface area is 115 Å². The van der Waals surface area contributed by atoms with E-state index in [9.17, 15) is 4.79 Å². The molecule has 3 N–H and O–H groups in total.